The number of rotatable bonds is 9. The topological polar surface area (TPSA) is 50.7 Å². The van der Waals surface area contributed by atoms with E-state index in [1.807, 2.05) is 18.2 Å². The van der Waals surface area contributed by atoms with Crippen LogP contribution in [-0.2, 0) is 19.4 Å². The molecule has 0 radical (unpaired) electrons. The summed E-state index contributed by atoms with van der Waals surface area (Å²) in [5.41, 5.74) is 3.21. The van der Waals surface area contributed by atoms with Gasteiger partial charge >= 0.3 is 0 Å². The molecule has 0 saturated carbocycles. The number of hydrogen-bond donors (Lipinski definition) is 2. The molecular weight excluding hydrogens is 302 g/mol. The van der Waals surface area contributed by atoms with Gasteiger partial charge in [-0.2, -0.15) is 0 Å². The van der Waals surface area contributed by atoms with Crippen LogP contribution >= 0.6 is 0 Å². The van der Waals surface area contributed by atoms with Gasteiger partial charge in [-0.25, -0.2) is 0 Å². The Hall–Kier alpha value is -2.20. The Labute approximate surface area is 144 Å². The molecule has 0 heterocycles. The lowest BCUT2D eigenvalue weighted by Crippen LogP contribution is -2.17. The summed E-state index contributed by atoms with van der Waals surface area (Å²) in [6, 6.07) is 11.5. The number of aryl methyl sites for hydroxylation is 1. The van der Waals surface area contributed by atoms with Gasteiger partial charge in [0.1, 0.15) is 17.2 Å². The van der Waals surface area contributed by atoms with Crippen LogP contribution in [0.5, 0.6) is 17.2 Å². The molecule has 0 saturated heterocycles. The summed E-state index contributed by atoms with van der Waals surface area (Å²) in [7, 11) is 3.41. The van der Waals surface area contributed by atoms with Gasteiger partial charge in [0.25, 0.3) is 0 Å². The Bertz CT molecular complexity index is 655. The van der Waals surface area contributed by atoms with Crippen LogP contribution in [-0.4, -0.2) is 25.9 Å². The van der Waals surface area contributed by atoms with Crippen LogP contribution < -0.4 is 14.8 Å². The van der Waals surface area contributed by atoms with Gasteiger partial charge in [0, 0.05) is 12.1 Å². The standard InChI is InChI=1S/C20H27NO3/c1-4-7-15-12-20(24-3)16(13-19(15)23-2)10-11-21-14-17-8-5-6-9-18(17)22/h5-6,8-9,12-13,21-22H,4,7,10-11,14H2,1-3H3. The molecule has 2 N–H and O–H groups in total. The van der Waals surface area contributed by atoms with Crippen LogP contribution in [0, 0.1) is 0 Å². The van der Waals surface area contributed by atoms with E-state index in [0.717, 1.165) is 48.4 Å². The van der Waals surface area contributed by atoms with Crippen molar-refractivity contribution in [1.29, 1.82) is 0 Å². The minimum absolute atomic E-state index is 0.327. The van der Waals surface area contributed by atoms with Crippen molar-refractivity contribution in [3.05, 3.63) is 53.1 Å². The van der Waals surface area contributed by atoms with Crippen LogP contribution in [0.2, 0.25) is 0 Å². The average Bonchev–Trinajstić information content (AvgIpc) is 2.60. The van der Waals surface area contributed by atoms with E-state index >= 15 is 0 Å². The third-order valence-electron chi connectivity index (χ3n) is 4.08. The Morgan fingerprint density at radius 1 is 0.917 bits per heavy atom. The number of nitrogens with one attached hydrogen (secondary N) is 1. The highest BCUT2D eigenvalue weighted by Crippen LogP contribution is 2.30. The van der Waals surface area contributed by atoms with Gasteiger partial charge in [0.2, 0.25) is 0 Å². The fraction of sp³-hybridized carbons (Fsp3) is 0.400. The molecule has 0 atom stereocenters. The summed E-state index contributed by atoms with van der Waals surface area (Å²) in [4.78, 5) is 0. The SMILES string of the molecule is CCCc1cc(OC)c(CCNCc2ccccc2O)cc1OC. The second-order valence-electron chi connectivity index (χ2n) is 5.78. The molecule has 4 heteroatoms. The van der Waals surface area contributed by atoms with E-state index in [2.05, 4.69) is 24.4 Å². The van der Waals surface area contributed by atoms with Crippen LogP contribution in [0.3, 0.4) is 0 Å². The third-order valence-corrected chi connectivity index (χ3v) is 4.08. The normalized spacial score (nSPS) is 10.6. The zero-order chi connectivity index (χ0) is 17.4. The number of phenolic OH excluding ortho intramolecular Hbond substituents is 1. The number of phenols is 1. The summed E-state index contributed by atoms with van der Waals surface area (Å²) < 4.78 is 11.1. The Kier molecular flexibility index (Phi) is 6.94. The Balaban J connectivity index is 1.99. The molecule has 0 unspecified atom stereocenters. The Morgan fingerprint density at radius 3 is 2.12 bits per heavy atom. The van der Waals surface area contributed by atoms with Crippen molar-refractivity contribution in [2.45, 2.75) is 32.7 Å². The van der Waals surface area contributed by atoms with Crippen molar-refractivity contribution in [1.82, 2.24) is 5.32 Å². The van der Waals surface area contributed by atoms with Crippen LogP contribution in [0.15, 0.2) is 36.4 Å². The molecular formula is C20H27NO3. The highest BCUT2D eigenvalue weighted by molar-refractivity contribution is 5.47. The first-order valence-electron chi connectivity index (χ1n) is 8.41. The number of methoxy groups -OCH3 is 2. The second-order valence-corrected chi connectivity index (χ2v) is 5.78. The first-order chi connectivity index (χ1) is 11.7. The fourth-order valence-corrected chi connectivity index (χ4v) is 2.79. The predicted molar refractivity (Wildman–Crippen MR) is 97.1 cm³/mol. The van der Waals surface area contributed by atoms with Crippen molar-refractivity contribution in [3.63, 3.8) is 0 Å². The van der Waals surface area contributed by atoms with Crippen molar-refractivity contribution in [3.8, 4) is 17.2 Å². The summed E-state index contributed by atoms with van der Waals surface area (Å²) in [5.74, 6) is 2.16. The average molecular weight is 329 g/mol. The van der Waals surface area contributed by atoms with Crippen molar-refractivity contribution < 1.29 is 14.6 Å². The summed E-state index contributed by atoms with van der Waals surface area (Å²) >= 11 is 0. The second kappa shape index (κ2) is 9.18. The van der Waals surface area contributed by atoms with E-state index in [1.54, 1.807) is 20.3 Å². The molecule has 0 amide bonds. The van der Waals surface area contributed by atoms with Gasteiger partial charge in [-0.1, -0.05) is 31.5 Å². The third kappa shape index (κ3) is 4.65. The summed E-state index contributed by atoms with van der Waals surface area (Å²) in [6.45, 7) is 3.59. The molecule has 0 aliphatic rings. The lowest BCUT2D eigenvalue weighted by molar-refractivity contribution is 0.394. The number of aromatic hydroxyl groups is 1. The summed E-state index contributed by atoms with van der Waals surface area (Å²) in [6.07, 6.45) is 2.88. The van der Waals surface area contributed by atoms with Crippen LogP contribution in [0.1, 0.15) is 30.0 Å². The number of hydrogen-bond acceptors (Lipinski definition) is 4. The van der Waals surface area contributed by atoms with Gasteiger partial charge in [-0.3, -0.25) is 0 Å². The molecule has 2 aromatic carbocycles. The van der Waals surface area contributed by atoms with Gasteiger partial charge in [0.05, 0.1) is 14.2 Å². The van der Waals surface area contributed by atoms with Crippen molar-refractivity contribution in [2.75, 3.05) is 20.8 Å². The van der Waals surface area contributed by atoms with Gasteiger partial charge in [-0.15, -0.1) is 0 Å². The smallest absolute Gasteiger partial charge is 0.122 e. The Morgan fingerprint density at radius 2 is 1.54 bits per heavy atom. The molecule has 0 fully saturated rings. The molecule has 24 heavy (non-hydrogen) atoms. The highest BCUT2D eigenvalue weighted by Gasteiger charge is 2.10. The van der Waals surface area contributed by atoms with E-state index in [0.29, 0.717) is 12.3 Å². The highest BCUT2D eigenvalue weighted by atomic mass is 16.5. The quantitative estimate of drug-likeness (QED) is 0.689. The molecule has 2 aromatic rings. The maximum atomic E-state index is 9.78. The largest absolute Gasteiger partial charge is 0.508 e. The van der Waals surface area contributed by atoms with E-state index in [-0.39, 0.29) is 0 Å². The minimum atomic E-state index is 0.327. The molecule has 0 spiro atoms. The lowest BCUT2D eigenvalue weighted by atomic mass is 10.0. The monoisotopic (exact) mass is 329 g/mol. The fourth-order valence-electron chi connectivity index (χ4n) is 2.79. The lowest BCUT2D eigenvalue weighted by Gasteiger charge is -2.15. The van der Waals surface area contributed by atoms with Crippen molar-refractivity contribution in [2.24, 2.45) is 0 Å². The molecule has 2 rings (SSSR count). The minimum Gasteiger partial charge on any atom is -0.508 e. The number of para-hydroxylation sites is 1. The van der Waals surface area contributed by atoms with E-state index < -0.39 is 0 Å². The predicted octanol–water partition coefficient (Wildman–Crippen LogP) is 3.69. The first-order valence-corrected chi connectivity index (χ1v) is 8.41. The zero-order valence-corrected chi connectivity index (χ0v) is 14.8. The first kappa shape index (κ1) is 18.1. The number of benzene rings is 2. The maximum absolute atomic E-state index is 9.78. The van der Waals surface area contributed by atoms with E-state index in [9.17, 15) is 5.11 Å². The van der Waals surface area contributed by atoms with Gasteiger partial charge in [-0.05, 0) is 48.7 Å². The summed E-state index contributed by atoms with van der Waals surface area (Å²) in [5, 5.41) is 13.1. The van der Waals surface area contributed by atoms with Crippen molar-refractivity contribution >= 4 is 0 Å². The van der Waals surface area contributed by atoms with Gasteiger partial charge in [0.15, 0.2) is 0 Å². The molecule has 0 bridgehead atoms. The van der Waals surface area contributed by atoms with Gasteiger partial charge < -0.3 is 19.9 Å². The van der Waals surface area contributed by atoms with E-state index in [4.69, 9.17) is 9.47 Å². The molecule has 4 nitrogen and oxygen atoms in total. The zero-order valence-electron chi connectivity index (χ0n) is 14.8. The maximum Gasteiger partial charge on any atom is 0.122 e. The number of ether oxygens (including phenoxy) is 2. The van der Waals surface area contributed by atoms with Crippen LogP contribution in [0.4, 0.5) is 0 Å². The van der Waals surface area contributed by atoms with Crippen LogP contribution in [0.25, 0.3) is 0 Å². The van der Waals surface area contributed by atoms with E-state index in [1.165, 1.54) is 5.56 Å². The molecule has 0 aliphatic heterocycles. The molecule has 0 aliphatic carbocycles. The molecule has 130 valence electrons. The molecule has 0 aromatic heterocycles.